The quantitative estimate of drug-likeness (QED) is 0.929. The standard InChI is InChI=1S/C14H16BrN3/c15-12-7-3-4-8-13(12)18-10-9-16-14(18)17-11-5-1-2-6-11/h3-4,7-11H,1-2,5-6H2,(H,16,17). The van der Waals surface area contributed by atoms with Gasteiger partial charge in [0.2, 0.25) is 5.95 Å². The molecule has 0 aliphatic heterocycles. The van der Waals surface area contributed by atoms with Crippen molar-refractivity contribution in [2.75, 3.05) is 5.32 Å². The molecule has 0 spiro atoms. The van der Waals surface area contributed by atoms with Crippen molar-refractivity contribution in [1.29, 1.82) is 0 Å². The van der Waals surface area contributed by atoms with E-state index in [0.29, 0.717) is 6.04 Å². The molecule has 3 rings (SSSR count). The Balaban J connectivity index is 1.89. The molecule has 1 N–H and O–H groups in total. The van der Waals surface area contributed by atoms with Crippen LogP contribution in [0, 0.1) is 0 Å². The number of nitrogens with one attached hydrogen (secondary N) is 1. The van der Waals surface area contributed by atoms with Crippen molar-refractivity contribution in [2.45, 2.75) is 31.7 Å². The predicted molar refractivity (Wildman–Crippen MR) is 77.1 cm³/mol. The number of halogens is 1. The van der Waals surface area contributed by atoms with E-state index in [2.05, 4.69) is 42.9 Å². The molecule has 3 nitrogen and oxygen atoms in total. The molecule has 1 saturated carbocycles. The number of imidazole rings is 1. The van der Waals surface area contributed by atoms with Crippen LogP contribution in [-0.2, 0) is 0 Å². The summed E-state index contributed by atoms with van der Waals surface area (Å²) in [6.45, 7) is 0. The molecule has 0 bridgehead atoms. The summed E-state index contributed by atoms with van der Waals surface area (Å²) in [5.74, 6) is 0.939. The molecule has 1 aromatic heterocycles. The van der Waals surface area contributed by atoms with Crippen LogP contribution in [0.25, 0.3) is 5.69 Å². The first-order valence-electron chi connectivity index (χ1n) is 6.39. The molecule has 94 valence electrons. The Hall–Kier alpha value is -1.29. The molecule has 1 aromatic carbocycles. The van der Waals surface area contributed by atoms with Crippen LogP contribution in [0.1, 0.15) is 25.7 Å². The Labute approximate surface area is 115 Å². The first-order valence-corrected chi connectivity index (χ1v) is 7.19. The molecule has 1 aliphatic rings. The van der Waals surface area contributed by atoms with Gasteiger partial charge in [0.05, 0.1) is 5.69 Å². The minimum atomic E-state index is 0.577. The average molecular weight is 306 g/mol. The van der Waals surface area contributed by atoms with E-state index < -0.39 is 0 Å². The lowest BCUT2D eigenvalue weighted by atomic mass is 10.2. The minimum absolute atomic E-state index is 0.577. The van der Waals surface area contributed by atoms with E-state index >= 15 is 0 Å². The third kappa shape index (κ3) is 2.29. The van der Waals surface area contributed by atoms with Crippen LogP contribution in [0.15, 0.2) is 41.1 Å². The second kappa shape index (κ2) is 5.14. The summed E-state index contributed by atoms with van der Waals surface area (Å²) in [6.07, 6.45) is 9.00. The molecule has 0 radical (unpaired) electrons. The fraction of sp³-hybridized carbons (Fsp3) is 0.357. The lowest BCUT2D eigenvalue weighted by molar-refractivity contribution is 0.740. The molecule has 1 fully saturated rings. The smallest absolute Gasteiger partial charge is 0.207 e. The summed E-state index contributed by atoms with van der Waals surface area (Å²) in [6, 6.07) is 8.78. The van der Waals surface area contributed by atoms with Gasteiger partial charge in [-0.2, -0.15) is 0 Å². The maximum absolute atomic E-state index is 4.43. The van der Waals surface area contributed by atoms with E-state index in [-0.39, 0.29) is 0 Å². The molecule has 18 heavy (non-hydrogen) atoms. The van der Waals surface area contributed by atoms with Gasteiger partial charge in [-0.3, -0.25) is 4.57 Å². The summed E-state index contributed by atoms with van der Waals surface area (Å²) < 4.78 is 3.18. The number of rotatable bonds is 3. The first kappa shape index (κ1) is 11.8. The lowest BCUT2D eigenvalue weighted by Crippen LogP contribution is -2.17. The monoisotopic (exact) mass is 305 g/mol. The maximum Gasteiger partial charge on any atom is 0.207 e. The third-order valence-corrected chi connectivity index (χ3v) is 4.11. The van der Waals surface area contributed by atoms with Crippen LogP contribution in [0.2, 0.25) is 0 Å². The van der Waals surface area contributed by atoms with Crippen LogP contribution >= 0.6 is 15.9 Å². The number of benzene rings is 1. The van der Waals surface area contributed by atoms with E-state index in [4.69, 9.17) is 0 Å². The van der Waals surface area contributed by atoms with E-state index in [0.717, 1.165) is 16.1 Å². The van der Waals surface area contributed by atoms with Crippen molar-refractivity contribution in [3.8, 4) is 5.69 Å². The molecular weight excluding hydrogens is 290 g/mol. The second-order valence-corrected chi connectivity index (χ2v) is 5.55. The van der Waals surface area contributed by atoms with Crippen LogP contribution in [0.4, 0.5) is 5.95 Å². The molecule has 0 unspecified atom stereocenters. The number of nitrogens with zero attached hydrogens (tertiary/aromatic N) is 2. The fourth-order valence-corrected chi connectivity index (χ4v) is 2.98. The minimum Gasteiger partial charge on any atom is -0.353 e. The highest BCUT2D eigenvalue weighted by atomic mass is 79.9. The van der Waals surface area contributed by atoms with E-state index in [1.54, 1.807) is 0 Å². The van der Waals surface area contributed by atoms with Gasteiger partial charge in [0.1, 0.15) is 0 Å². The summed E-state index contributed by atoms with van der Waals surface area (Å²) >= 11 is 3.59. The fourth-order valence-electron chi connectivity index (χ4n) is 2.50. The van der Waals surface area contributed by atoms with Crippen molar-refractivity contribution in [1.82, 2.24) is 9.55 Å². The van der Waals surface area contributed by atoms with Crippen molar-refractivity contribution >= 4 is 21.9 Å². The Morgan fingerprint density at radius 3 is 2.78 bits per heavy atom. The summed E-state index contributed by atoms with van der Waals surface area (Å²) in [5.41, 5.74) is 1.12. The zero-order valence-corrected chi connectivity index (χ0v) is 11.7. The van der Waals surface area contributed by atoms with Gasteiger partial charge < -0.3 is 5.32 Å². The Bertz CT molecular complexity index is 529. The van der Waals surface area contributed by atoms with Gasteiger partial charge in [0.15, 0.2) is 0 Å². The van der Waals surface area contributed by atoms with Gasteiger partial charge >= 0.3 is 0 Å². The lowest BCUT2D eigenvalue weighted by Gasteiger charge is -2.15. The van der Waals surface area contributed by atoms with Crippen molar-refractivity contribution < 1.29 is 0 Å². The van der Waals surface area contributed by atoms with Gasteiger partial charge in [-0.05, 0) is 40.9 Å². The SMILES string of the molecule is Brc1ccccc1-n1ccnc1NC1CCCC1. The van der Waals surface area contributed by atoms with Crippen LogP contribution in [-0.4, -0.2) is 15.6 Å². The Morgan fingerprint density at radius 1 is 1.22 bits per heavy atom. The topological polar surface area (TPSA) is 29.9 Å². The number of aromatic nitrogens is 2. The molecule has 4 heteroatoms. The highest BCUT2D eigenvalue weighted by molar-refractivity contribution is 9.10. The number of anilines is 1. The van der Waals surface area contributed by atoms with Gasteiger partial charge in [0.25, 0.3) is 0 Å². The molecule has 0 atom stereocenters. The van der Waals surface area contributed by atoms with Gasteiger partial charge in [-0.25, -0.2) is 4.98 Å². The van der Waals surface area contributed by atoms with Gasteiger partial charge in [-0.15, -0.1) is 0 Å². The van der Waals surface area contributed by atoms with Crippen LogP contribution in [0.5, 0.6) is 0 Å². The predicted octanol–water partition coefficient (Wildman–Crippen LogP) is 3.99. The van der Waals surface area contributed by atoms with Crippen molar-refractivity contribution in [2.24, 2.45) is 0 Å². The summed E-state index contributed by atoms with van der Waals surface area (Å²) in [5, 5.41) is 3.55. The van der Waals surface area contributed by atoms with E-state index in [1.165, 1.54) is 25.7 Å². The van der Waals surface area contributed by atoms with Crippen molar-refractivity contribution in [3.05, 3.63) is 41.1 Å². The summed E-state index contributed by atoms with van der Waals surface area (Å²) in [7, 11) is 0. The number of para-hydroxylation sites is 1. The summed E-state index contributed by atoms with van der Waals surface area (Å²) in [4.78, 5) is 4.43. The largest absolute Gasteiger partial charge is 0.353 e. The molecule has 1 aliphatic carbocycles. The highest BCUT2D eigenvalue weighted by Gasteiger charge is 2.17. The second-order valence-electron chi connectivity index (χ2n) is 4.70. The number of hydrogen-bond acceptors (Lipinski definition) is 2. The zero-order valence-electron chi connectivity index (χ0n) is 10.1. The third-order valence-electron chi connectivity index (χ3n) is 3.44. The van der Waals surface area contributed by atoms with Crippen molar-refractivity contribution in [3.63, 3.8) is 0 Å². The maximum atomic E-state index is 4.43. The van der Waals surface area contributed by atoms with Crippen LogP contribution < -0.4 is 5.32 Å². The molecule has 0 saturated heterocycles. The van der Waals surface area contributed by atoms with Gasteiger partial charge in [-0.1, -0.05) is 25.0 Å². The number of hydrogen-bond donors (Lipinski definition) is 1. The average Bonchev–Trinajstić information content (AvgIpc) is 3.02. The Morgan fingerprint density at radius 2 is 2.00 bits per heavy atom. The molecule has 0 amide bonds. The van der Waals surface area contributed by atoms with E-state index in [1.807, 2.05) is 24.5 Å². The molecular formula is C14H16BrN3. The first-order chi connectivity index (χ1) is 8.84. The van der Waals surface area contributed by atoms with Gasteiger partial charge in [0, 0.05) is 22.9 Å². The zero-order chi connectivity index (χ0) is 12.4. The molecule has 2 aromatic rings. The Kier molecular flexibility index (Phi) is 3.37. The molecule has 1 heterocycles. The van der Waals surface area contributed by atoms with E-state index in [9.17, 15) is 0 Å². The normalized spacial score (nSPS) is 16.1. The highest BCUT2D eigenvalue weighted by Crippen LogP contribution is 2.26. The van der Waals surface area contributed by atoms with Crippen LogP contribution in [0.3, 0.4) is 0 Å².